The summed E-state index contributed by atoms with van der Waals surface area (Å²) in [4.78, 5) is 23.3. The Morgan fingerprint density at radius 1 is 1.22 bits per heavy atom. The van der Waals surface area contributed by atoms with Crippen LogP contribution < -0.4 is 4.90 Å². The Kier molecular flexibility index (Phi) is 8.22. The molecule has 0 aliphatic carbocycles. The largest absolute Gasteiger partial charge is 0.349 e. The lowest BCUT2D eigenvalue weighted by Crippen LogP contribution is -2.58. The summed E-state index contributed by atoms with van der Waals surface area (Å²) >= 11 is 0. The van der Waals surface area contributed by atoms with Crippen molar-refractivity contribution in [2.75, 3.05) is 38.1 Å². The van der Waals surface area contributed by atoms with E-state index in [0.29, 0.717) is 47.0 Å². The number of piperidine rings is 1. The van der Waals surface area contributed by atoms with Crippen LogP contribution in [0.15, 0.2) is 41.1 Å². The van der Waals surface area contributed by atoms with Crippen molar-refractivity contribution in [3.05, 3.63) is 53.2 Å². The third-order valence-electron chi connectivity index (χ3n) is 10.5. The molecule has 0 spiro atoms. The maximum Gasteiger partial charge on any atom is 0.295 e. The van der Waals surface area contributed by atoms with Crippen molar-refractivity contribution in [3.8, 4) is 17.2 Å². The van der Waals surface area contributed by atoms with Crippen molar-refractivity contribution in [3.63, 3.8) is 0 Å². The van der Waals surface area contributed by atoms with E-state index in [1.165, 1.54) is 4.90 Å². The summed E-state index contributed by atoms with van der Waals surface area (Å²) in [6, 6.07) is 5.99. The lowest BCUT2D eigenvalue weighted by molar-refractivity contribution is -0.442. The SMILES string of the molecule is C=C(F)C(=O)N1CCC(/C=[N+]2\N=Nc3c(N4CC(N(C)CC)C4)nc4c(F)c(-c5c(C)c(C)cc6[nH]ncc56)c(C)cc4c32)C[C@H]1CC#N. The highest BCUT2D eigenvalue weighted by Crippen LogP contribution is 2.49. The van der Waals surface area contributed by atoms with Crippen LogP contribution in [0, 0.1) is 43.8 Å². The lowest BCUT2D eigenvalue weighted by Gasteiger charge is -2.44. The van der Waals surface area contributed by atoms with Gasteiger partial charge in [0.05, 0.1) is 34.7 Å². The molecule has 252 valence electrons. The molecule has 11 nitrogen and oxygen atoms in total. The molecule has 7 rings (SSSR count). The van der Waals surface area contributed by atoms with Crippen LogP contribution in [-0.4, -0.2) is 87.1 Å². The minimum Gasteiger partial charge on any atom is -0.349 e. The van der Waals surface area contributed by atoms with Crippen LogP contribution in [0.25, 0.3) is 32.9 Å². The van der Waals surface area contributed by atoms with E-state index in [1.54, 1.807) is 10.9 Å². The van der Waals surface area contributed by atoms with Gasteiger partial charge < -0.3 is 14.7 Å². The topological polar surface area (TPSA) is 120 Å². The minimum atomic E-state index is -1.04. The Hall–Kier alpha value is -5.09. The van der Waals surface area contributed by atoms with Crippen LogP contribution in [0.2, 0.25) is 0 Å². The van der Waals surface area contributed by atoms with Gasteiger partial charge in [0.2, 0.25) is 5.69 Å². The van der Waals surface area contributed by atoms with Gasteiger partial charge in [0.1, 0.15) is 17.0 Å². The number of benzene rings is 2. The number of pyridine rings is 1. The number of anilines is 1. The summed E-state index contributed by atoms with van der Waals surface area (Å²) in [6.45, 7) is 13.8. The molecule has 4 aromatic rings. The highest BCUT2D eigenvalue weighted by atomic mass is 19.1. The number of fused-ring (bicyclic) bond motifs is 4. The second kappa shape index (κ2) is 12.4. The number of hydrogen-bond acceptors (Lipinski definition) is 8. The first kappa shape index (κ1) is 32.5. The number of nitrogens with one attached hydrogen (secondary N) is 1. The molecule has 1 N–H and O–H groups in total. The van der Waals surface area contributed by atoms with E-state index in [9.17, 15) is 14.4 Å². The summed E-state index contributed by atoms with van der Waals surface area (Å²) < 4.78 is 32.7. The van der Waals surface area contributed by atoms with Gasteiger partial charge in [-0.25, -0.2) is 13.8 Å². The molecule has 0 saturated carbocycles. The smallest absolute Gasteiger partial charge is 0.295 e. The highest BCUT2D eigenvalue weighted by molar-refractivity contribution is 6.04. The van der Waals surface area contributed by atoms with Crippen LogP contribution in [0.3, 0.4) is 0 Å². The molecule has 2 atom stereocenters. The third-order valence-corrected chi connectivity index (χ3v) is 10.5. The number of likely N-dealkylation sites (N-methyl/N-ethyl adjacent to an activating group) is 1. The van der Waals surface area contributed by atoms with Crippen LogP contribution in [0.4, 0.5) is 26.0 Å². The number of H-pyrrole nitrogens is 1. The number of carbonyl (C=O) groups excluding carboxylic acids is 1. The first-order valence-corrected chi connectivity index (χ1v) is 16.7. The van der Waals surface area contributed by atoms with Crippen molar-refractivity contribution in [1.29, 1.82) is 5.26 Å². The van der Waals surface area contributed by atoms with Gasteiger partial charge in [0.15, 0.2) is 17.5 Å². The van der Waals surface area contributed by atoms with Crippen LogP contribution >= 0.6 is 0 Å². The summed E-state index contributed by atoms with van der Waals surface area (Å²) in [6.07, 6.45) is 4.70. The number of aryl methyl sites for hydroxylation is 2. The Labute approximate surface area is 283 Å². The van der Waals surface area contributed by atoms with Crippen LogP contribution in [0.5, 0.6) is 0 Å². The van der Waals surface area contributed by atoms with E-state index in [0.717, 1.165) is 52.8 Å². The molecule has 2 fully saturated rings. The van der Waals surface area contributed by atoms with E-state index in [-0.39, 0.29) is 24.4 Å². The zero-order valence-electron chi connectivity index (χ0n) is 28.4. The first-order valence-electron chi connectivity index (χ1n) is 16.7. The van der Waals surface area contributed by atoms with Crippen LogP contribution in [-0.2, 0) is 4.79 Å². The molecule has 49 heavy (non-hydrogen) atoms. The van der Waals surface area contributed by atoms with Gasteiger partial charge >= 0.3 is 0 Å². The van der Waals surface area contributed by atoms with Gasteiger partial charge in [0.25, 0.3) is 11.6 Å². The Bertz CT molecular complexity index is 2140. The molecule has 1 unspecified atom stereocenters. The third kappa shape index (κ3) is 5.35. The summed E-state index contributed by atoms with van der Waals surface area (Å²) in [7, 11) is 2.09. The number of aromatic nitrogens is 3. The zero-order valence-corrected chi connectivity index (χ0v) is 28.4. The average molecular weight is 666 g/mol. The van der Waals surface area contributed by atoms with E-state index >= 15 is 4.39 Å². The van der Waals surface area contributed by atoms with E-state index in [2.05, 4.69) is 57.0 Å². The van der Waals surface area contributed by atoms with E-state index < -0.39 is 23.6 Å². The Balaban J connectivity index is 1.37. The number of rotatable bonds is 7. The highest BCUT2D eigenvalue weighted by Gasteiger charge is 2.41. The molecule has 13 heteroatoms. The molecule has 0 bridgehead atoms. The van der Waals surface area contributed by atoms with E-state index in [1.807, 2.05) is 39.1 Å². The van der Waals surface area contributed by atoms with Gasteiger partial charge in [-0.15, -0.1) is 4.68 Å². The molecular weight excluding hydrogens is 626 g/mol. The number of carbonyl (C=O) groups is 1. The number of amides is 1. The number of nitriles is 1. The van der Waals surface area contributed by atoms with Gasteiger partial charge in [-0.2, -0.15) is 10.4 Å². The standard InChI is InChI=1S/C36H39F2N10O/c1-7-45(6)25-17-46(18-25)35-33-34(48(44-43-33)16-23-9-11-47(36(49)22(5)37)24(14-23)8-10-39)26-12-20(3)29(31(38)32(26)41-35)30-21(4)19(2)13-28-27(30)15-40-42-28/h12-13,15-16,23-25H,5,7-9,11,14,17-18H2,1-4,6H3,(H,40,42)/q+1/b48-16-/t23?,24-/m1/s1. The molecule has 2 aromatic carbocycles. The Morgan fingerprint density at radius 2 is 2.00 bits per heavy atom. The normalized spacial score (nSPS) is 20.0. The monoisotopic (exact) mass is 665 g/mol. The maximum absolute atomic E-state index is 17.2. The van der Waals surface area contributed by atoms with Gasteiger partial charge in [0, 0.05) is 48.6 Å². The molecule has 5 heterocycles. The van der Waals surface area contributed by atoms with Crippen molar-refractivity contribution in [2.45, 2.75) is 59.0 Å². The predicted octanol–water partition coefficient (Wildman–Crippen LogP) is 6.71. The molecule has 3 aliphatic rings. The quantitative estimate of drug-likeness (QED) is 0.173. The predicted molar refractivity (Wildman–Crippen MR) is 185 cm³/mol. The fraction of sp³-hybridized carbons (Fsp3) is 0.417. The molecular formula is C36H39F2N10O+. The number of aromatic amines is 1. The fourth-order valence-corrected chi connectivity index (χ4v) is 7.50. The van der Waals surface area contributed by atoms with E-state index in [4.69, 9.17) is 4.98 Å². The lowest BCUT2D eigenvalue weighted by atomic mass is 9.89. The summed E-state index contributed by atoms with van der Waals surface area (Å²) in [5.74, 6) is -1.77. The van der Waals surface area contributed by atoms with Gasteiger partial charge in [-0.3, -0.25) is 9.89 Å². The molecule has 2 saturated heterocycles. The molecule has 3 aliphatic heterocycles. The molecule has 2 aromatic heterocycles. The second-order valence-corrected chi connectivity index (χ2v) is 13.5. The van der Waals surface area contributed by atoms with Crippen molar-refractivity contribution in [1.82, 2.24) is 25.0 Å². The number of hydrogen-bond donors (Lipinski definition) is 1. The first-order chi connectivity index (χ1) is 23.5. The fourth-order valence-electron chi connectivity index (χ4n) is 7.50. The minimum absolute atomic E-state index is 0.0658. The molecule has 0 radical (unpaired) electrons. The van der Waals surface area contributed by atoms with Crippen LogP contribution in [0.1, 0.15) is 42.9 Å². The number of halogens is 2. The van der Waals surface area contributed by atoms with Crippen molar-refractivity contribution >= 4 is 51.1 Å². The van der Waals surface area contributed by atoms with Gasteiger partial charge in [-0.1, -0.05) is 13.5 Å². The number of likely N-dealkylation sites (tertiary alicyclic amines) is 1. The van der Waals surface area contributed by atoms with Crippen molar-refractivity contribution in [2.24, 2.45) is 16.3 Å². The summed E-state index contributed by atoms with van der Waals surface area (Å²) in [5, 5.41) is 27.3. The second-order valence-electron chi connectivity index (χ2n) is 13.5. The number of nitrogens with zero attached hydrogens (tertiary/aromatic N) is 9. The average Bonchev–Trinajstić information content (AvgIpc) is 3.69. The Morgan fingerprint density at radius 3 is 2.71 bits per heavy atom. The van der Waals surface area contributed by atoms with Crippen molar-refractivity contribution < 1.29 is 18.3 Å². The zero-order chi connectivity index (χ0) is 34.7. The van der Waals surface area contributed by atoms with Gasteiger partial charge in [-0.05, 0) is 81.6 Å². The summed E-state index contributed by atoms with van der Waals surface area (Å²) in [5.41, 5.74) is 6.29. The maximum atomic E-state index is 17.2. The molecule has 1 amide bonds.